The SMILES string of the molecule is Cc1cccc(C2(C(=O)N3CCCC3)CCN(CCCC(=O)c3ccc(F)cc3)CC2)c1. The fourth-order valence-electron chi connectivity index (χ4n) is 5.19. The molecule has 0 aliphatic carbocycles. The van der Waals surface area contributed by atoms with Gasteiger partial charge >= 0.3 is 0 Å². The van der Waals surface area contributed by atoms with Gasteiger partial charge in [0.1, 0.15) is 5.82 Å². The maximum Gasteiger partial charge on any atom is 0.233 e. The number of ketones is 1. The summed E-state index contributed by atoms with van der Waals surface area (Å²) in [5.74, 6) is 0.0301. The molecule has 0 N–H and O–H groups in total. The van der Waals surface area contributed by atoms with E-state index in [9.17, 15) is 14.0 Å². The van der Waals surface area contributed by atoms with E-state index in [1.54, 1.807) is 12.1 Å². The third-order valence-corrected chi connectivity index (χ3v) is 7.13. The second-order valence-electron chi connectivity index (χ2n) is 9.33. The van der Waals surface area contributed by atoms with Crippen LogP contribution < -0.4 is 0 Å². The summed E-state index contributed by atoms with van der Waals surface area (Å²) >= 11 is 0. The van der Waals surface area contributed by atoms with E-state index in [1.807, 2.05) is 0 Å². The maximum absolute atomic E-state index is 13.7. The Kier molecular flexibility index (Phi) is 7.04. The highest BCUT2D eigenvalue weighted by Gasteiger charge is 2.45. The van der Waals surface area contributed by atoms with Crippen LogP contribution in [0.1, 0.15) is 60.0 Å². The topological polar surface area (TPSA) is 40.6 Å². The quantitative estimate of drug-likeness (QED) is 0.588. The minimum Gasteiger partial charge on any atom is -0.342 e. The van der Waals surface area contributed by atoms with Crippen LogP contribution in [-0.2, 0) is 10.2 Å². The average molecular weight is 437 g/mol. The number of carbonyl (C=O) groups excluding carboxylic acids is 2. The fourth-order valence-corrected chi connectivity index (χ4v) is 5.19. The van der Waals surface area contributed by atoms with Crippen molar-refractivity contribution in [3.05, 3.63) is 71.0 Å². The largest absolute Gasteiger partial charge is 0.342 e. The highest BCUT2D eigenvalue weighted by Crippen LogP contribution is 2.38. The van der Waals surface area contributed by atoms with Gasteiger partial charge in [-0.25, -0.2) is 4.39 Å². The number of nitrogens with zero attached hydrogens (tertiary/aromatic N) is 2. The second kappa shape index (κ2) is 9.95. The van der Waals surface area contributed by atoms with E-state index in [1.165, 1.54) is 17.7 Å². The highest BCUT2D eigenvalue weighted by molar-refractivity contribution is 5.96. The van der Waals surface area contributed by atoms with E-state index >= 15 is 0 Å². The molecule has 0 atom stereocenters. The lowest BCUT2D eigenvalue weighted by molar-refractivity contribution is -0.138. The number of benzene rings is 2. The summed E-state index contributed by atoms with van der Waals surface area (Å²) < 4.78 is 13.1. The molecule has 1 amide bonds. The van der Waals surface area contributed by atoms with Gasteiger partial charge in [-0.05, 0) is 88.5 Å². The molecule has 32 heavy (non-hydrogen) atoms. The summed E-state index contributed by atoms with van der Waals surface area (Å²) in [4.78, 5) is 30.5. The predicted octanol–water partition coefficient (Wildman–Crippen LogP) is 4.75. The Balaban J connectivity index is 1.37. The summed E-state index contributed by atoms with van der Waals surface area (Å²) in [7, 11) is 0. The number of carbonyl (C=O) groups is 2. The molecule has 2 aliphatic rings. The molecule has 4 nitrogen and oxygen atoms in total. The minimum atomic E-state index is -0.434. The van der Waals surface area contributed by atoms with E-state index in [2.05, 4.69) is 41.0 Å². The molecular formula is C27H33FN2O2. The first-order valence-corrected chi connectivity index (χ1v) is 11.9. The molecule has 0 radical (unpaired) electrons. The Bertz CT molecular complexity index is 942. The molecule has 2 heterocycles. The van der Waals surface area contributed by atoms with Crippen molar-refractivity contribution in [1.82, 2.24) is 9.80 Å². The Morgan fingerprint density at radius 2 is 1.66 bits per heavy atom. The molecule has 0 unspecified atom stereocenters. The van der Waals surface area contributed by atoms with Crippen LogP contribution in [0.2, 0.25) is 0 Å². The van der Waals surface area contributed by atoms with Crippen LogP contribution in [0.5, 0.6) is 0 Å². The monoisotopic (exact) mass is 436 g/mol. The molecule has 170 valence electrons. The van der Waals surface area contributed by atoms with Crippen LogP contribution in [0.25, 0.3) is 0 Å². The first-order valence-electron chi connectivity index (χ1n) is 11.9. The van der Waals surface area contributed by atoms with E-state index in [4.69, 9.17) is 0 Å². The number of Topliss-reactive ketones (excluding diaryl/α,β-unsaturated/α-hetero) is 1. The van der Waals surface area contributed by atoms with Crippen molar-refractivity contribution in [3.8, 4) is 0 Å². The molecule has 2 aromatic rings. The molecule has 0 bridgehead atoms. The highest BCUT2D eigenvalue weighted by atomic mass is 19.1. The zero-order valence-corrected chi connectivity index (χ0v) is 19.0. The number of halogens is 1. The number of hydrogen-bond donors (Lipinski definition) is 0. The van der Waals surface area contributed by atoms with Gasteiger partial charge in [0.25, 0.3) is 0 Å². The third-order valence-electron chi connectivity index (χ3n) is 7.13. The molecule has 2 aliphatic heterocycles. The van der Waals surface area contributed by atoms with E-state index in [0.717, 1.165) is 70.4 Å². The number of hydrogen-bond acceptors (Lipinski definition) is 3. The standard InChI is InChI=1S/C27H33FN2O2/c1-21-6-4-7-23(20-21)27(26(32)30-16-2-3-17-30)13-18-29(19-14-27)15-5-8-25(31)22-9-11-24(28)12-10-22/h4,6-7,9-12,20H,2-3,5,8,13-19H2,1H3. The molecule has 5 heteroatoms. The van der Waals surface area contributed by atoms with Crippen LogP contribution in [-0.4, -0.2) is 54.2 Å². The van der Waals surface area contributed by atoms with Gasteiger partial charge in [-0.15, -0.1) is 0 Å². The van der Waals surface area contributed by atoms with Crippen molar-refractivity contribution in [3.63, 3.8) is 0 Å². The normalized spacial score (nSPS) is 18.6. The van der Waals surface area contributed by atoms with Crippen LogP contribution in [0, 0.1) is 12.7 Å². The van der Waals surface area contributed by atoms with Crippen molar-refractivity contribution in [2.24, 2.45) is 0 Å². The van der Waals surface area contributed by atoms with Crippen molar-refractivity contribution in [2.75, 3.05) is 32.7 Å². The fraction of sp³-hybridized carbons (Fsp3) is 0.481. The van der Waals surface area contributed by atoms with Gasteiger partial charge < -0.3 is 9.80 Å². The van der Waals surface area contributed by atoms with Gasteiger partial charge in [0.2, 0.25) is 5.91 Å². The van der Waals surface area contributed by atoms with Gasteiger partial charge in [-0.2, -0.15) is 0 Å². The molecule has 2 aromatic carbocycles. The first-order chi connectivity index (χ1) is 15.5. The third kappa shape index (κ3) is 4.93. The number of amides is 1. The average Bonchev–Trinajstić information content (AvgIpc) is 3.34. The number of likely N-dealkylation sites (tertiary alicyclic amines) is 2. The van der Waals surface area contributed by atoms with E-state index in [0.29, 0.717) is 17.9 Å². The van der Waals surface area contributed by atoms with Gasteiger partial charge in [-0.1, -0.05) is 29.8 Å². The minimum absolute atomic E-state index is 0.0559. The van der Waals surface area contributed by atoms with Crippen molar-refractivity contribution in [2.45, 2.75) is 50.9 Å². The van der Waals surface area contributed by atoms with Crippen molar-refractivity contribution in [1.29, 1.82) is 0 Å². The van der Waals surface area contributed by atoms with Crippen LogP contribution >= 0.6 is 0 Å². The summed E-state index contributed by atoms with van der Waals surface area (Å²) in [6.45, 7) is 6.40. The Morgan fingerprint density at radius 1 is 0.969 bits per heavy atom. The van der Waals surface area contributed by atoms with Crippen molar-refractivity contribution >= 4 is 11.7 Å². The van der Waals surface area contributed by atoms with Crippen LogP contribution in [0.4, 0.5) is 4.39 Å². The molecule has 2 fully saturated rings. The zero-order valence-electron chi connectivity index (χ0n) is 19.0. The number of rotatable bonds is 7. The number of aryl methyl sites for hydroxylation is 1. The van der Waals surface area contributed by atoms with Crippen LogP contribution in [0.3, 0.4) is 0 Å². The molecule has 4 rings (SSSR count). The Hall–Kier alpha value is -2.53. The van der Waals surface area contributed by atoms with Gasteiger partial charge in [0, 0.05) is 25.1 Å². The van der Waals surface area contributed by atoms with Gasteiger partial charge in [0.05, 0.1) is 5.41 Å². The lowest BCUT2D eigenvalue weighted by Crippen LogP contribution is -2.52. The second-order valence-corrected chi connectivity index (χ2v) is 9.33. The van der Waals surface area contributed by atoms with E-state index in [-0.39, 0.29) is 11.6 Å². The van der Waals surface area contributed by atoms with E-state index < -0.39 is 5.41 Å². The summed E-state index contributed by atoms with van der Waals surface area (Å²) in [6.07, 6.45) is 5.06. The van der Waals surface area contributed by atoms with Crippen molar-refractivity contribution < 1.29 is 14.0 Å². The molecule has 0 saturated carbocycles. The zero-order chi connectivity index (χ0) is 22.6. The van der Waals surface area contributed by atoms with Gasteiger partial charge in [0.15, 0.2) is 5.78 Å². The molecular weight excluding hydrogens is 403 g/mol. The Labute approximate surface area is 190 Å². The lowest BCUT2D eigenvalue weighted by Gasteiger charge is -2.43. The maximum atomic E-state index is 13.7. The van der Waals surface area contributed by atoms with Crippen LogP contribution in [0.15, 0.2) is 48.5 Å². The lowest BCUT2D eigenvalue weighted by atomic mass is 9.71. The smallest absolute Gasteiger partial charge is 0.233 e. The summed E-state index contributed by atoms with van der Waals surface area (Å²) in [6, 6.07) is 14.2. The molecule has 0 aromatic heterocycles. The predicted molar refractivity (Wildman–Crippen MR) is 124 cm³/mol. The number of piperidine rings is 1. The summed E-state index contributed by atoms with van der Waals surface area (Å²) in [5, 5.41) is 0. The Morgan fingerprint density at radius 3 is 2.31 bits per heavy atom. The van der Waals surface area contributed by atoms with Gasteiger partial charge in [-0.3, -0.25) is 9.59 Å². The summed E-state index contributed by atoms with van der Waals surface area (Å²) in [5.41, 5.74) is 2.48. The first kappa shape index (κ1) is 22.7. The molecule has 2 saturated heterocycles. The molecule has 0 spiro atoms.